The first-order chi connectivity index (χ1) is 7.24. The molecule has 2 heterocycles. The van der Waals surface area contributed by atoms with Crippen LogP contribution in [0.5, 0.6) is 0 Å². The topological polar surface area (TPSA) is 49.4 Å². The Balaban J connectivity index is 2.03. The van der Waals surface area contributed by atoms with E-state index in [1.54, 1.807) is 16.7 Å². The normalized spacial score (nSPS) is 30.3. The van der Waals surface area contributed by atoms with Gasteiger partial charge in [-0.1, -0.05) is 0 Å². The predicted octanol–water partition coefficient (Wildman–Crippen LogP) is 0.229. The van der Waals surface area contributed by atoms with Crippen molar-refractivity contribution < 1.29 is 9.59 Å². The second kappa shape index (κ2) is 4.43. The van der Waals surface area contributed by atoms with Crippen molar-refractivity contribution >= 4 is 23.6 Å². The zero-order valence-electron chi connectivity index (χ0n) is 8.86. The number of rotatable bonds is 3. The third-order valence-corrected chi connectivity index (χ3v) is 3.71. The van der Waals surface area contributed by atoms with Crippen LogP contribution >= 0.6 is 11.8 Å². The molecule has 0 bridgehead atoms. The molecule has 0 saturated carbocycles. The molecule has 2 saturated heterocycles. The summed E-state index contributed by atoms with van der Waals surface area (Å²) in [5, 5.41) is 2.83. The number of fused-ring (bicyclic) bond motifs is 1. The standard InChI is InChI=1S/C10H16N2O2S/c1-15-6-4-7-10(14)12-5-2-3-8(12)9(13)11-7/h7-8H,2-6H2,1H3,(H,11,13)/t7-,8-/m0/s1. The lowest BCUT2D eigenvalue weighted by Crippen LogP contribution is -2.61. The van der Waals surface area contributed by atoms with E-state index < -0.39 is 0 Å². The molecule has 2 rings (SSSR count). The molecule has 0 aliphatic carbocycles. The molecule has 0 aromatic heterocycles. The molecule has 1 N–H and O–H groups in total. The van der Waals surface area contributed by atoms with Crippen LogP contribution < -0.4 is 5.32 Å². The van der Waals surface area contributed by atoms with Crippen molar-refractivity contribution in [2.24, 2.45) is 0 Å². The smallest absolute Gasteiger partial charge is 0.245 e. The molecule has 0 unspecified atom stereocenters. The summed E-state index contributed by atoms with van der Waals surface area (Å²) in [6, 6.07) is -0.456. The van der Waals surface area contributed by atoms with Gasteiger partial charge in [0.05, 0.1) is 0 Å². The number of nitrogens with zero attached hydrogens (tertiary/aromatic N) is 1. The van der Waals surface area contributed by atoms with Gasteiger partial charge < -0.3 is 10.2 Å². The van der Waals surface area contributed by atoms with E-state index in [1.165, 1.54) is 0 Å². The van der Waals surface area contributed by atoms with Gasteiger partial charge in [0, 0.05) is 6.54 Å². The Morgan fingerprint density at radius 3 is 3.07 bits per heavy atom. The predicted molar refractivity (Wildman–Crippen MR) is 59.7 cm³/mol. The molecule has 5 heteroatoms. The fraction of sp³-hybridized carbons (Fsp3) is 0.800. The molecule has 2 amide bonds. The van der Waals surface area contributed by atoms with Crippen molar-refractivity contribution in [1.82, 2.24) is 10.2 Å². The van der Waals surface area contributed by atoms with Crippen LogP contribution in [0, 0.1) is 0 Å². The van der Waals surface area contributed by atoms with E-state index in [4.69, 9.17) is 0 Å². The number of piperazine rings is 1. The molecule has 4 nitrogen and oxygen atoms in total. The maximum atomic E-state index is 12.0. The second-order valence-corrected chi connectivity index (χ2v) is 5.02. The van der Waals surface area contributed by atoms with E-state index in [0.29, 0.717) is 0 Å². The number of carbonyl (C=O) groups excluding carboxylic acids is 2. The molecule has 2 aliphatic heterocycles. The van der Waals surface area contributed by atoms with Gasteiger partial charge in [-0.05, 0) is 31.3 Å². The Morgan fingerprint density at radius 2 is 2.33 bits per heavy atom. The van der Waals surface area contributed by atoms with E-state index in [9.17, 15) is 9.59 Å². The third-order valence-electron chi connectivity index (χ3n) is 3.06. The van der Waals surface area contributed by atoms with Gasteiger partial charge in [0.2, 0.25) is 11.8 Å². The van der Waals surface area contributed by atoms with Crippen LogP contribution in [0.15, 0.2) is 0 Å². The summed E-state index contributed by atoms with van der Waals surface area (Å²) in [5.41, 5.74) is 0. The summed E-state index contributed by atoms with van der Waals surface area (Å²) in [6.07, 6.45) is 4.54. The molecular formula is C10H16N2O2S. The Labute approximate surface area is 93.8 Å². The number of nitrogens with one attached hydrogen (secondary N) is 1. The number of amides is 2. The number of thioether (sulfide) groups is 1. The first kappa shape index (κ1) is 10.8. The lowest BCUT2D eigenvalue weighted by atomic mass is 10.1. The highest BCUT2D eigenvalue weighted by Crippen LogP contribution is 2.23. The van der Waals surface area contributed by atoms with E-state index in [2.05, 4.69) is 5.32 Å². The van der Waals surface area contributed by atoms with Crippen LogP contribution in [-0.2, 0) is 9.59 Å². The first-order valence-electron chi connectivity index (χ1n) is 5.34. The van der Waals surface area contributed by atoms with Crippen molar-refractivity contribution in [2.75, 3.05) is 18.6 Å². The monoisotopic (exact) mass is 228 g/mol. The van der Waals surface area contributed by atoms with Crippen LogP contribution in [0.25, 0.3) is 0 Å². The van der Waals surface area contributed by atoms with Gasteiger partial charge in [0.25, 0.3) is 0 Å². The van der Waals surface area contributed by atoms with E-state index in [1.807, 2.05) is 6.26 Å². The summed E-state index contributed by atoms with van der Waals surface area (Å²) in [4.78, 5) is 25.4. The molecular weight excluding hydrogens is 212 g/mol. The average Bonchev–Trinajstić information content (AvgIpc) is 2.70. The van der Waals surface area contributed by atoms with Gasteiger partial charge in [-0.15, -0.1) is 0 Å². The van der Waals surface area contributed by atoms with Crippen LogP contribution in [0.3, 0.4) is 0 Å². The molecule has 0 aromatic carbocycles. The van der Waals surface area contributed by atoms with Crippen molar-refractivity contribution in [3.63, 3.8) is 0 Å². The van der Waals surface area contributed by atoms with Crippen molar-refractivity contribution in [3.05, 3.63) is 0 Å². The Bertz CT molecular complexity index is 283. The SMILES string of the molecule is CSCC[C@@H]1NC(=O)[C@@H]2CCCN2C1=O. The van der Waals surface area contributed by atoms with Gasteiger partial charge >= 0.3 is 0 Å². The zero-order valence-corrected chi connectivity index (χ0v) is 9.68. The van der Waals surface area contributed by atoms with Gasteiger partial charge in [-0.25, -0.2) is 0 Å². The number of carbonyl (C=O) groups is 2. The molecule has 2 fully saturated rings. The van der Waals surface area contributed by atoms with E-state index in [0.717, 1.165) is 31.6 Å². The minimum absolute atomic E-state index is 0.0400. The lowest BCUT2D eigenvalue weighted by molar-refractivity contribution is -0.147. The lowest BCUT2D eigenvalue weighted by Gasteiger charge is -2.34. The molecule has 2 atom stereocenters. The van der Waals surface area contributed by atoms with Crippen LogP contribution in [0.1, 0.15) is 19.3 Å². The molecule has 0 aromatic rings. The highest BCUT2D eigenvalue weighted by atomic mass is 32.2. The Morgan fingerprint density at radius 1 is 1.53 bits per heavy atom. The van der Waals surface area contributed by atoms with Crippen molar-refractivity contribution in [3.8, 4) is 0 Å². The van der Waals surface area contributed by atoms with Crippen LogP contribution in [0.4, 0.5) is 0 Å². The van der Waals surface area contributed by atoms with Crippen LogP contribution in [0.2, 0.25) is 0 Å². The average molecular weight is 228 g/mol. The van der Waals surface area contributed by atoms with Gasteiger partial charge in [0.1, 0.15) is 12.1 Å². The highest BCUT2D eigenvalue weighted by molar-refractivity contribution is 7.98. The minimum atomic E-state index is -0.278. The van der Waals surface area contributed by atoms with E-state index in [-0.39, 0.29) is 23.9 Å². The third kappa shape index (κ3) is 1.97. The summed E-state index contributed by atoms with van der Waals surface area (Å²) in [5.74, 6) is 1.07. The fourth-order valence-electron chi connectivity index (χ4n) is 2.26. The Hall–Kier alpha value is -0.710. The summed E-state index contributed by atoms with van der Waals surface area (Å²) in [6.45, 7) is 0.757. The molecule has 0 spiro atoms. The Kier molecular flexibility index (Phi) is 3.19. The first-order valence-corrected chi connectivity index (χ1v) is 6.73. The van der Waals surface area contributed by atoms with Gasteiger partial charge in [-0.2, -0.15) is 11.8 Å². The summed E-state index contributed by atoms with van der Waals surface area (Å²) >= 11 is 1.70. The summed E-state index contributed by atoms with van der Waals surface area (Å²) in [7, 11) is 0. The zero-order chi connectivity index (χ0) is 10.8. The van der Waals surface area contributed by atoms with Gasteiger partial charge in [-0.3, -0.25) is 9.59 Å². The molecule has 15 heavy (non-hydrogen) atoms. The second-order valence-electron chi connectivity index (χ2n) is 4.03. The van der Waals surface area contributed by atoms with Crippen molar-refractivity contribution in [1.29, 1.82) is 0 Å². The maximum Gasteiger partial charge on any atom is 0.245 e. The minimum Gasteiger partial charge on any atom is -0.342 e. The van der Waals surface area contributed by atoms with E-state index >= 15 is 0 Å². The van der Waals surface area contributed by atoms with Crippen LogP contribution in [-0.4, -0.2) is 47.4 Å². The fourth-order valence-corrected chi connectivity index (χ4v) is 2.74. The maximum absolute atomic E-state index is 12.0. The number of hydrogen-bond donors (Lipinski definition) is 1. The highest BCUT2D eigenvalue weighted by Gasteiger charge is 2.42. The molecule has 84 valence electrons. The summed E-state index contributed by atoms with van der Waals surface area (Å²) < 4.78 is 0. The molecule has 0 radical (unpaired) electrons. The quantitative estimate of drug-likeness (QED) is 0.752. The largest absolute Gasteiger partial charge is 0.342 e. The number of hydrogen-bond acceptors (Lipinski definition) is 3. The van der Waals surface area contributed by atoms with Crippen molar-refractivity contribution in [2.45, 2.75) is 31.3 Å². The van der Waals surface area contributed by atoms with Gasteiger partial charge in [0.15, 0.2) is 0 Å². The molecule has 2 aliphatic rings.